The van der Waals surface area contributed by atoms with E-state index < -0.39 is 0 Å². The Hall–Kier alpha value is -1.61. The Labute approximate surface area is 91.1 Å². The molecule has 15 heavy (non-hydrogen) atoms. The van der Waals surface area contributed by atoms with Gasteiger partial charge < -0.3 is 4.98 Å². The van der Waals surface area contributed by atoms with E-state index in [1.807, 2.05) is 31.2 Å². The van der Waals surface area contributed by atoms with Gasteiger partial charge in [0.25, 0.3) is 0 Å². The van der Waals surface area contributed by atoms with Crippen LogP contribution in [0.2, 0.25) is 5.15 Å². The molecule has 0 aliphatic carbocycles. The van der Waals surface area contributed by atoms with Crippen LogP contribution >= 0.6 is 11.6 Å². The van der Waals surface area contributed by atoms with Crippen molar-refractivity contribution in [3.05, 3.63) is 35.2 Å². The number of H-pyrrole nitrogens is 1. The lowest BCUT2D eigenvalue weighted by Crippen LogP contribution is -1.88. The summed E-state index contributed by atoms with van der Waals surface area (Å²) in [7, 11) is 0. The fourth-order valence-corrected chi connectivity index (χ4v) is 2.12. The molecule has 1 aromatic carbocycles. The first-order valence-corrected chi connectivity index (χ1v) is 5.04. The molecule has 0 saturated carbocycles. The van der Waals surface area contributed by atoms with Gasteiger partial charge in [-0.25, -0.2) is 9.97 Å². The third-order valence-electron chi connectivity index (χ3n) is 2.43. The van der Waals surface area contributed by atoms with E-state index in [0.29, 0.717) is 11.0 Å². The highest BCUT2D eigenvalue weighted by molar-refractivity contribution is 6.36. The molecule has 2 aromatic heterocycles. The molecule has 0 unspecified atom stereocenters. The summed E-state index contributed by atoms with van der Waals surface area (Å²) in [6.07, 6.45) is 0. The minimum atomic E-state index is 0.509. The number of halogens is 1. The van der Waals surface area contributed by atoms with Crippen LogP contribution in [0.5, 0.6) is 0 Å². The molecule has 0 amide bonds. The fraction of sp³-hybridized carbons (Fsp3) is 0.0909. The van der Waals surface area contributed by atoms with Crippen molar-refractivity contribution in [2.45, 2.75) is 6.92 Å². The maximum atomic E-state index is 6.11. The first-order chi connectivity index (χ1) is 7.25. The van der Waals surface area contributed by atoms with Crippen LogP contribution in [-0.2, 0) is 0 Å². The van der Waals surface area contributed by atoms with Crippen molar-refractivity contribution >= 4 is 33.5 Å². The van der Waals surface area contributed by atoms with Gasteiger partial charge in [0, 0.05) is 10.9 Å². The number of fused-ring (bicyclic) bond motifs is 3. The lowest BCUT2D eigenvalue weighted by atomic mass is 10.2. The van der Waals surface area contributed by atoms with Gasteiger partial charge in [-0.2, -0.15) is 0 Å². The van der Waals surface area contributed by atoms with E-state index in [1.54, 1.807) is 0 Å². The Morgan fingerprint density at radius 1 is 1.20 bits per heavy atom. The predicted molar refractivity (Wildman–Crippen MR) is 61.1 cm³/mol. The van der Waals surface area contributed by atoms with Gasteiger partial charge in [0.15, 0.2) is 0 Å². The van der Waals surface area contributed by atoms with Gasteiger partial charge in [-0.3, -0.25) is 0 Å². The van der Waals surface area contributed by atoms with E-state index in [-0.39, 0.29) is 0 Å². The summed E-state index contributed by atoms with van der Waals surface area (Å²) in [5.41, 5.74) is 1.84. The number of aryl methyl sites for hydroxylation is 1. The molecular formula is C11H8ClN3. The Bertz CT molecular complexity index is 657. The van der Waals surface area contributed by atoms with Crippen LogP contribution < -0.4 is 0 Å². The van der Waals surface area contributed by atoms with Gasteiger partial charge in [0.1, 0.15) is 16.6 Å². The number of para-hydroxylation sites is 1. The molecule has 1 N–H and O–H groups in total. The van der Waals surface area contributed by atoms with E-state index >= 15 is 0 Å². The second-order valence-electron chi connectivity index (χ2n) is 3.46. The summed E-state index contributed by atoms with van der Waals surface area (Å²) in [5, 5.41) is 2.48. The third-order valence-corrected chi connectivity index (χ3v) is 2.70. The Balaban J connectivity index is 2.61. The van der Waals surface area contributed by atoms with Crippen molar-refractivity contribution in [1.29, 1.82) is 0 Å². The van der Waals surface area contributed by atoms with Crippen molar-refractivity contribution in [2.75, 3.05) is 0 Å². The number of benzene rings is 1. The van der Waals surface area contributed by atoms with Gasteiger partial charge in [0.2, 0.25) is 0 Å². The monoisotopic (exact) mass is 217 g/mol. The number of hydrogen-bond acceptors (Lipinski definition) is 2. The largest absolute Gasteiger partial charge is 0.339 e. The molecule has 0 aliphatic heterocycles. The van der Waals surface area contributed by atoms with Crippen LogP contribution in [0.25, 0.3) is 21.9 Å². The highest BCUT2D eigenvalue weighted by Gasteiger charge is 2.09. The van der Waals surface area contributed by atoms with E-state index in [9.17, 15) is 0 Å². The minimum absolute atomic E-state index is 0.509. The molecule has 0 saturated heterocycles. The van der Waals surface area contributed by atoms with Gasteiger partial charge in [-0.1, -0.05) is 29.8 Å². The predicted octanol–water partition coefficient (Wildman–Crippen LogP) is 3.07. The molecule has 0 fully saturated rings. The molecule has 3 aromatic rings. The van der Waals surface area contributed by atoms with Gasteiger partial charge in [-0.05, 0) is 13.0 Å². The number of hydrogen-bond donors (Lipinski definition) is 1. The maximum Gasteiger partial charge on any atom is 0.143 e. The first-order valence-electron chi connectivity index (χ1n) is 4.66. The molecule has 4 heteroatoms. The molecule has 0 spiro atoms. The third kappa shape index (κ3) is 1.20. The number of nitrogens with zero attached hydrogens (tertiary/aromatic N) is 2. The summed E-state index contributed by atoms with van der Waals surface area (Å²) in [6.45, 7) is 1.83. The van der Waals surface area contributed by atoms with Crippen LogP contribution in [0.1, 0.15) is 5.82 Å². The molecule has 0 radical (unpaired) electrons. The quantitative estimate of drug-likeness (QED) is 0.588. The summed E-state index contributed by atoms with van der Waals surface area (Å²) in [5.74, 6) is 0.680. The Morgan fingerprint density at radius 2 is 2.00 bits per heavy atom. The van der Waals surface area contributed by atoms with Crippen molar-refractivity contribution in [3.8, 4) is 0 Å². The van der Waals surface area contributed by atoms with Crippen molar-refractivity contribution in [3.63, 3.8) is 0 Å². The zero-order chi connectivity index (χ0) is 10.4. The molecule has 3 rings (SSSR count). The van der Waals surface area contributed by atoms with Crippen molar-refractivity contribution in [1.82, 2.24) is 15.0 Å². The van der Waals surface area contributed by atoms with Crippen LogP contribution in [0.3, 0.4) is 0 Å². The number of nitrogens with one attached hydrogen (secondary N) is 1. The van der Waals surface area contributed by atoms with E-state index in [4.69, 9.17) is 11.6 Å². The lowest BCUT2D eigenvalue weighted by molar-refractivity contribution is 1.08. The molecule has 3 nitrogen and oxygen atoms in total. The number of rotatable bonds is 0. The molecule has 0 aliphatic rings. The Morgan fingerprint density at radius 3 is 2.87 bits per heavy atom. The van der Waals surface area contributed by atoms with E-state index in [2.05, 4.69) is 15.0 Å². The maximum absolute atomic E-state index is 6.11. The van der Waals surface area contributed by atoms with Crippen LogP contribution in [0, 0.1) is 6.92 Å². The number of aromatic amines is 1. The SMILES string of the molecule is Cc1nc(Cl)c2c(n1)[nH]c1ccccc12. The van der Waals surface area contributed by atoms with Crippen LogP contribution in [0.15, 0.2) is 24.3 Å². The van der Waals surface area contributed by atoms with E-state index in [1.165, 1.54) is 0 Å². The Kier molecular flexibility index (Phi) is 1.70. The average molecular weight is 218 g/mol. The molecule has 0 atom stereocenters. The second-order valence-corrected chi connectivity index (χ2v) is 3.81. The summed E-state index contributed by atoms with van der Waals surface area (Å²) >= 11 is 6.11. The van der Waals surface area contributed by atoms with E-state index in [0.717, 1.165) is 21.9 Å². The first kappa shape index (κ1) is 8.68. The average Bonchev–Trinajstić information content (AvgIpc) is 2.54. The number of aromatic nitrogens is 3. The lowest BCUT2D eigenvalue weighted by Gasteiger charge is -1.95. The molecule has 2 heterocycles. The minimum Gasteiger partial charge on any atom is -0.339 e. The smallest absolute Gasteiger partial charge is 0.143 e. The molecule has 74 valence electrons. The summed E-state index contributed by atoms with van der Waals surface area (Å²) < 4.78 is 0. The van der Waals surface area contributed by atoms with Crippen LogP contribution in [-0.4, -0.2) is 15.0 Å². The highest BCUT2D eigenvalue weighted by atomic mass is 35.5. The van der Waals surface area contributed by atoms with Gasteiger partial charge >= 0.3 is 0 Å². The highest BCUT2D eigenvalue weighted by Crippen LogP contribution is 2.28. The van der Waals surface area contributed by atoms with Gasteiger partial charge in [-0.15, -0.1) is 0 Å². The zero-order valence-corrected chi connectivity index (χ0v) is 8.84. The standard InChI is InChI=1S/C11H8ClN3/c1-6-13-10(12)9-7-4-2-3-5-8(7)15-11(9)14-6/h2-5H,1H3,(H,13,14,15). The topological polar surface area (TPSA) is 41.6 Å². The zero-order valence-electron chi connectivity index (χ0n) is 8.08. The second kappa shape index (κ2) is 2.94. The fourth-order valence-electron chi connectivity index (χ4n) is 1.81. The van der Waals surface area contributed by atoms with Crippen LogP contribution in [0.4, 0.5) is 0 Å². The van der Waals surface area contributed by atoms with Crippen molar-refractivity contribution < 1.29 is 0 Å². The molecule has 0 bridgehead atoms. The summed E-state index contributed by atoms with van der Waals surface area (Å²) in [6, 6.07) is 7.97. The van der Waals surface area contributed by atoms with Crippen molar-refractivity contribution in [2.24, 2.45) is 0 Å². The summed E-state index contributed by atoms with van der Waals surface area (Å²) in [4.78, 5) is 11.7. The normalized spacial score (nSPS) is 11.3. The molecular weight excluding hydrogens is 210 g/mol. The van der Waals surface area contributed by atoms with Gasteiger partial charge in [0.05, 0.1) is 5.39 Å².